The molecule has 156 valence electrons. The Kier molecular flexibility index (Phi) is 10.5. The predicted molar refractivity (Wildman–Crippen MR) is 108 cm³/mol. The van der Waals surface area contributed by atoms with Gasteiger partial charge < -0.3 is 25.0 Å². The molecule has 1 aliphatic carbocycles. The van der Waals surface area contributed by atoms with Crippen LogP contribution in [0.2, 0.25) is 0 Å². The number of piperidine rings is 1. The van der Waals surface area contributed by atoms with E-state index >= 15 is 0 Å². The molecule has 0 aromatic carbocycles. The van der Waals surface area contributed by atoms with Gasteiger partial charge in [0, 0.05) is 46.0 Å². The van der Waals surface area contributed by atoms with Crippen molar-refractivity contribution in [3.8, 4) is 0 Å². The molecule has 0 unspecified atom stereocenters. The standard InChI is InChI=1S/C20H38N4O3/c1-3-21-20(22-16-19(25)23-17-8-5-4-6-9-17)24-12-10-18(11-13-24)27-15-7-14-26-2/h17-18H,3-16H2,1-2H3,(H,21,22)(H,23,25). The highest BCUT2D eigenvalue weighted by Crippen LogP contribution is 2.17. The Morgan fingerprint density at radius 2 is 1.85 bits per heavy atom. The summed E-state index contributed by atoms with van der Waals surface area (Å²) in [5.74, 6) is 0.878. The van der Waals surface area contributed by atoms with Crippen molar-refractivity contribution < 1.29 is 14.3 Å². The fourth-order valence-electron chi connectivity index (χ4n) is 3.78. The van der Waals surface area contributed by atoms with Crippen molar-refractivity contribution in [1.29, 1.82) is 0 Å². The second-order valence-electron chi connectivity index (χ2n) is 7.48. The van der Waals surface area contributed by atoms with Crippen LogP contribution in [-0.2, 0) is 14.3 Å². The minimum absolute atomic E-state index is 0.0358. The third kappa shape index (κ3) is 8.47. The van der Waals surface area contributed by atoms with Crippen molar-refractivity contribution >= 4 is 11.9 Å². The largest absolute Gasteiger partial charge is 0.385 e. The van der Waals surface area contributed by atoms with Gasteiger partial charge >= 0.3 is 0 Å². The molecule has 1 saturated heterocycles. The molecule has 0 aromatic rings. The first-order valence-electron chi connectivity index (χ1n) is 10.7. The Balaban J connectivity index is 1.73. The van der Waals surface area contributed by atoms with Crippen molar-refractivity contribution in [1.82, 2.24) is 15.5 Å². The van der Waals surface area contributed by atoms with E-state index in [1.54, 1.807) is 7.11 Å². The summed E-state index contributed by atoms with van der Waals surface area (Å²) in [5, 5.41) is 6.46. The Bertz CT molecular complexity index is 445. The van der Waals surface area contributed by atoms with Gasteiger partial charge in [-0.05, 0) is 39.0 Å². The highest BCUT2D eigenvalue weighted by atomic mass is 16.5. The molecule has 0 spiro atoms. The van der Waals surface area contributed by atoms with Crippen LogP contribution in [0.5, 0.6) is 0 Å². The molecular formula is C20H38N4O3. The van der Waals surface area contributed by atoms with E-state index in [9.17, 15) is 4.79 Å². The molecular weight excluding hydrogens is 344 g/mol. The van der Waals surface area contributed by atoms with E-state index in [1.807, 2.05) is 0 Å². The topological polar surface area (TPSA) is 75.2 Å². The summed E-state index contributed by atoms with van der Waals surface area (Å²) in [6.07, 6.45) is 9.19. The zero-order valence-corrected chi connectivity index (χ0v) is 17.2. The summed E-state index contributed by atoms with van der Waals surface area (Å²) in [6.45, 7) is 6.38. The van der Waals surface area contributed by atoms with Gasteiger partial charge in [0.2, 0.25) is 5.91 Å². The number of ether oxygens (including phenoxy) is 2. The van der Waals surface area contributed by atoms with Gasteiger partial charge in [-0.3, -0.25) is 4.79 Å². The fraction of sp³-hybridized carbons (Fsp3) is 0.900. The molecule has 0 aromatic heterocycles. The van der Waals surface area contributed by atoms with E-state index in [0.717, 1.165) is 70.9 Å². The first kappa shape index (κ1) is 22.0. The number of methoxy groups -OCH3 is 1. The van der Waals surface area contributed by atoms with Crippen molar-refractivity contribution in [2.45, 2.75) is 70.4 Å². The van der Waals surface area contributed by atoms with Crippen LogP contribution >= 0.6 is 0 Å². The number of hydrogen-bond donors (Lipinski definition) is 2. The monoisotopic (exact) mass is 382 g/mol. The van der Waals surface area contributed by atoms with Crippen LogP contribution in [0, 0.1) is 0 Å². The van der Waals surface area contributed by atoms with Gasteiger partial charge in [-0.15, -0.1) is 0 Å². The normalized spacial score (nSPS) is 19.9. The van der Waals surface area contributed by atoms with Crippen LogP contribution < -0.4 is 10.6 Å². The number of nitrogens with one attached hydrogen (secondary N) is 2. The highest BCUT2D eigenvalue weighted by molar-refractivity contribution is 5.85. The lowest BCUT2D eigenvalue weighted by Crippen LogP contribution is -2.47. The summed E-state index contributed by atoms with van der Waals surface area (Å²) in [7, 11) is 1.72. The summed E-state index contributed by atoms with van der Waals surface area (Å²) in [6, 6.07) is 0.343. The van der Waals surface area contributed by atoms with Crippen LogP contribution in [0.15, 0.2) is 4.99 Å². The van der Waals surface area contributed by atoms with Gasteiger partial charge in [0.1, 0.15) is 6.54 Å². The molecule has 0 bridgehead atoms. The molecule has 7 nitrogen and oxygen atoms in total. The number of amides is 1. The lowest BCUT2D eigenvalue weighted by Gasteiger charge is -2.34. The Morgan fingerprint density at radius 3 is 2.52 bits per heavy atom. The maximum Gasteiger partial charge on any atom is 0.242 e. The smallest absolute Gasteiger partial charge is 0.242 e. The van der Waals surface area contributed by atoms with E-state index in [1.165, 1.54) is 19.3 Å². The van der Waals surface area contributed by atoms with Gasteiger partial charge in [-0.2, -0.15) is 0 Å². The van der Waals surface area contributed by atoms with Crippen LogP contribution in [0.4, 0.5) is 0 Å². The molecule has 1 aliphatic heterocycles. The number of aliphatic imine (C=N–C) groups is 1. The number of rotatable bonds is 9. The fourth-order valence-corrected chi connectivity index (χ4v) is 3.78. The van der Waals surface area contributed by atoms with Crippen molar-refractivity contribution in [3.05, 3.63) is 0 Å². The lowest BCUT2D eigenvalue weighted by molar-refractivity contribution is -0.120. The SMILES string of the molecule is CCNC(=NCC(=O)NC1CCCCC1)N1CCC(OCCCOC)CC1. The van der Waals surface area contributed by atoms with E-state index < -0.39 is 0 Å². The molecule has 1 amide bonds. The number of likely N-dealkylation sites (tertiary alicyclic amines) is 1. The Hall–Kier alpha value is -1.34. The maximum absolute atomic E-state index is 12.2. The molecule has 7 heteroatoms. The average Bonchev–Trinajstić information content (AvgIpc) is 2.70. The number of carbonyl (C=O) groups is 1. The van der Waals surface area contributed by atoms with Gasteiger partial charge in [-0.1, -0.05) is 19.3 Å². The highest BCUT2D eigenvalue weighted by Gasteiger charge is 2.22. The number of guanidine groups is 1. The van der Waals surface area contributed by atoms with Gasteiger partial charge in [0.15, 0.2) is 5.96 Å². The maximum atomic E-state index is 12.2. The Labute approximate surface area is 164 Å². The van der Waals surface area contributed by atoms with Crippen LogP contribution in [0.25, 0.3) is 0 Å². The van der Waals surface area contributed by atoms with Crippen molar-refractivity contribution in [3.63, 3.8) is 0 Å². The van der Waals surface area contributed by atoms with Crippen LogP contribution in [-0.4, -0.2) is 75.4 Å². The van der Waals surface area contributed by atoms with Crippen LogP contribution in [0.3, 0.4) is 0 Å². The van der Waals surface area contributed by atoms with E-state index in [4.69, 9.17) is 9.47 Å². The summed E-state index contributed by atoms with van der Waals surface area (Å²) in [4.78, 5) is 19.1. The molecule has 1 saturated carbocycles. The summed E-state index contributed by atoms with van der Waals surface area (Å²) >= 11 is 0. The van der Waals surface area contributed by atoms with E-state index in [0.29, 0.717) is 12.1 Å². The predicted octanol–water partition coefficient (Wildman–Crippen LogP) is 1.92. The molecule has 2 N–H and O–H groups in total. The molecule has 0 radical (unpaired) electrons. The van der Waals surface area contributed by atoms with E-state index in [-0.39, 0.29) is 12.5 Å². The van der Waals surface area contributed by atoms with Crippen molar-refractivity contribution in [2.75, 3.05) is 46.5 Å². The second-order valence-corrected chi connectivity index (χ2v) is 7.48. The third-order valence-corrected chi connectivity index (χ3v) is 5.27. The minimum atomic E-state index is 0.0358. The second kappa shape index (κ2) is 12.9. The average molecular weight is 383 g/mol. The number of nitrogens with zero attached hydrogens (tertiary/aromatic N) is 2. The molecule has 1 heterocycles. The summed E-state index contributed by atoms with van der Waals surface area (Å²) < 4.78 is 11.0. The number of hydrogen-bond acceptors (Lipinski definition) is 4. The summed E-state index contributed by atoms with van der Waals surface area (Å²) in [5.41, 5.74) is 0. The van der Waals surface area contributed by atoms with Crippen LogP contribution in [0.1, 0.15) is 58.3 Å². The first-order valence-corrected chi connectivity index (χ1v) is 10.7. The zero-order valence-electron chi connectivity index (χ0n) is 17.2. The third-order valence-electron chi connectivity index (χ3n) is 5.27. The first-order chi connectivity index (χ1) is 13.2. The molecule has 2 aliphatic rings. The van der Waals surface area contributed by atoms with Gasteiger partial charge in [-0.25, -0.2) is 4.99 Å². The number of carbonyl (C=O) groups excluding carboxylic acids is 1. The van der Waals surface area contributed by atoms with Gasteiger partial charge in [0.25, 0.3) is 0 Å². The Morgan fingerprint density at radius 1 is 1.11 bits per heavy atom. The van der Waals surface area contributed by atoms with E-state index in [2.05, 4.69) is 27.4 Å². The molecule has 0 atom stereocenters. The minimum Gasteiger partial charge on any atom is -0.385 e. The zero-order chi connectivity index (χ0) is 19.3. The molecule has 2 rings (SSSR count). The lowest BCUT2D eigenvalue weighted by atomic mass is 9.95. The molecule has 2 fully saturated rings. The van der Waals surface area contributed by atoms with Crippen molar-refractivity contribution in [2.24, 2.45) is 4.99 Å². The quantitative estimate of drug-likeness (QED) is 0.362. The van der Waals surface area contributed by atoms with Gasteiger partial charge in [0.05, 0.1) is 6.10 Å². The molecule has 27 heavy (non-hydrogen) atoms.